The Hall–Kier alpha value is -3.85. The normalized spacial score (nSPS) is 16.4. The number of amides is 2. The monoisotopic (exact) mass is 463 g/mol. The Labute approximate surface area is 196 Å². The number of carbonyl (C=O) groups is 2. The van der Waals surface area contributed by atoms with Crippen LogP contribution in [0.1, 0.15) is 45.0 Å². The van der Waals surface area contributed by atoms with E-state index in [9.17, 15) is 9.59 Å². The molecule has 1 fully saturated rings. The molecule has 0 spiro atoms. The van der Waals surface area contributed by atoms with E-state index in [1.165, 1.54) is 0 Å². The first kappa shape index (κ1) is 22.0. The summed E-state index contributed by atoms with van der Waals surface area (Å²) in [5.41, 5.74) is 1.61. The van der Waals surface area contributed by atoms with Crippen molar-refractivity contribution in [1.82, 2.24) is 15.4 Å². The van der Waals surface area contributed by atoms with Crippen LogP contribution in [0.15, 0.2) is 59.1 Å². The highest BCUT2D eigenvalue weighted by Gasteiger charge is 2.25. The molecule has 9 heteroatoms. The lowest BCUT2D eigenvalue weighted by Gasteiger charge is -2.24. The Bertz CT molecular complexity index is 1160. The molecule has 0 aliphatic carbocycles. The fourth-order valence-electron chi connectivity index (χ4n) is 4.02. The first-order chi connectivity index (χ1) is 16.7. The zero-order valence-corrected chi connectivity index (χ0v) is 18.6. The molecule has 3 heterocycles. The SMILES string of the molecule is O=C(NCc1ccc2c(c1)OCO2)c1cc(CN(CC2CCCO2)C(=O)c2ccccc2)on1. The van der Waals surface area contributed by atoms with Gasteiger partial charge in [-0.15, -0.1) is 0 Å². The summed E-state index contributed by atoms with van der Waals surface area (Å²) in [6.07, 6.45) is 1.87. The van der Waals surface area contributed by atoms with Gasteiger partial charge in [-0.1, -0.05) is 29.4 Å². The third-order valence-corrected chi connectivity index (χ3v) is 5.78. The standard InChI is InChI=1S/C25H25N3O6/c29-24(26-13-17-8-9-22-23(11-17)33-16-32-22)21-12-20(34-27-21)15-28(14-19-7-4-10-31-19)25(30)18-5-2-1-3-6-18/h1-3,5-6,8-9,11-12,19H,4,7,10,13-16H2,(H,26,29). The van der Waals surface area contributed by atoms with Gasteiger partial charge < -0.3 is 29.0 Å². The molecular weight excluding hydrogens is 438 g/mol. The van der Waals surface area contributed by atoms with Gasteiger partial charge in [-0.3, -0.25) is 9.59 Å². The van der Waals surface area contributed by atoms with Crippen LogP contribution >= 0.6 is 0 Å². The second-order valence-corrected chi connectivity index (χ2v) is 8.24. The topological polar surface area (TPSA) is 103 Å². The number of nitrogens with zero attached hydrogens (tertiary/aromatic N) is 2. The van der Waals surface area contributed by atoms with Crippen molar-refractivity contribution in [3.8, 4) is 11.5 Å². The Balaban J connectivity index is 1.23. The summed E-state index contributed by atoms with van der Waals surface area (Å²) in [4.78, 5) is 27.4. The second kappa shape index (κ2) is 9.96. The van der Waals surface area contributed by atoms with Gasteiger partial charge in [-0.05, 0) is 42.7 Å². The van der Waals surface area contributed by atoms with Crippen LogP contribution in [0.4, 0.5) is 0 Å². The summed E-state index contributed by atoms with van der Waals surface area (Å²) >= 11 is 0. The number of rotatable bonds is 8. The number of benzene rings is 2. The van der Waals surface area contributed by atoms with Crippen LogP contribution < -0.4 is 14.8 Å². The van der Waals surface area contributed by atoms with Crippen molar-refractivity contribution in [3.05, 3.63) is 77.2 Å². The van der Waals surface area contributed by atoms with Crippen molar-refractivity contribution in [2.75, 3.05) is 19.9 Å². The number of carbonyl (C=O) groups excluding carboxylic acids is 2. The Morgan fingerprint density at radius 1 is 1.06 bits per heavy atom. The van der Waals surface area contributed by atoms with E-state index in [4.69, 9.17) is 18.7 Å². The van der Waals surface area contributed by atoms with Crippen molar-refractivity contribution >= 4 is 11.8 Å². The molecule has 2 aliphatic rings. The third-order valence-electron chi connectivity index (χ3n) is 5.78. The summed E-state index contributed by atoms with van der Waals surface area (Å²) in [7, 11) is 0. The van der Waals surface area contributed by atoms with E-state index in [1.54, 1.807) is 23.1 Å². The van der Waals surface area contributed by atoms with Crippen molar-refractivity contribution < 1.29 is 28.3 Å². The maximum absolute atomic E-state index is 13.1. The summed E-state index contributed by atoms with van der Waals surface area (Å²) in [6.45, 7) is 1.84. The van der Waals surface area contributed by atoms with Crippen LogP contribution in [-0.2, 0) is 17.8 Å². The summed E-state index contributed by atoms with van der Waals surface area (Å²) in [6, 6.07) is 16.1. The zero-order valence-electron chi connectivity index (χ0n) is 18.6. The van der Waals surface area contributed by atoms with E-state index in [1.807, 2.05) is 36.4 Å². The lowest BCUT2D eigenvalue weighted by Crippen LogP contribution is -2.36. The summed E-state index contributed by atoms with van der Waals surface area (Å²) in [5.74, 6) is 1.28. The largest absolute Gasteiger partial charge is 0.454 e. The van der Waals surface area contributed by atoms with Crippen LogP contribution in [0.3, 0.4) is 0 Å². The van der Waals surface area contributed by atoms with E-state index in [-0.39, 0.29) is 36.9 Å². The molecule has 3 aromatic rings. The highest BCUT2D eigenvalue weighted by molar-refractivity contribution is 5.94. The maximum Gasteiger partial charge on any atom is 0.273 e. The van der Waals surface area contributed by atoms with Crippen LogP contribution in [-0.4, -0.2) is 47.9 Å². The first-order valence-corrected chi connectivity index (χ1v) is 11.2. The Morgan fingerprint density at radius 3 is 2.74 bits per heavy atom. The van der Waals surface area contributed by atoms with Gasteiger partial charge in [0.25, 0.3) is 11.8 Å². The summed E-state index contributed by atoms with van der Waals surface area (Å²) in [5, 5.41) is 6.72. The number of ether oxygens (including phenoxy) is 3. The fraction of sp³-hybridized carbons (Fsp3) is 0.320. The molecule has 2 aliphatic heterocycles. The molecule has 1 unspecified atom stereocenters. The van der Waals surface area contributed by atoms with Gasteiger partial charge in [0.15, 0.2) is 23.0 Å². The molecule has 2 amide bonds. The van der Waals surface area contributed by atoms with Crippen molar-refractivity contribution in [2.24, 2.45) is 0 Å². The minimum atomic E-state index is -0.368. The van der Waals surface area contributed by atoms with E-state index in [2.05, 4.69) is 10.5 Å². The minimum absolute atomic E-state index is 0.0138. The lowest BCUT2D eigenvalue weighted by atomic mass is 10.1. The smallest absolute Gasteiger partial charge is 0.273 e. The van der Waals surface area contributed by atoms with Crippen molar-refractivity contribution in [2.45, 2.75) is 32.0 Å². The molecular formula is C25H25N3O6. The van der Waals surface area contributed by atoms with Crippen LogP contribution in [0.5, 0.6) is 11.5 Å². The average molecular weight is 463 g/mol. The molecule has 34 heavy (non-hydrogen) atoms. The number of hydrogen-bond acceptors (Lipinski definition) is 7. The lowest BCUT2D eigenvalue weighted by molar-refractivity contribution is 0.0486. The molecule has 0 bridgehead atoms. The van der Waals surface area contributed by atoms with Crippen molar-refractivity contribution in [3.63, 3.8) is 0 Å². The highest BCUT2D eigenvalue weighted by Crippen LogP contribution is 2.32. The highest BCUT2D eigenvalue weighted by atomic mass is 16.7. The predicted molar refractivity (Wildman–Crippen MR) is 120 cm³/mol. The van der Waals surface area contributed by atoms with Gasteiger partial charge >= 0.3 is 0 Å². The molecule has 0 saturated carbocycles. The van der Waals surface area contributed by atoms with E-state index >= 15 is 0 Å². The number of aromatic nitrogens is 1. The van der Waals surface area contributed by atoms with Gasteiger partial charge in [-0.25, -0.2) is 0 Å². The van der Waals surface area contributed by atoms with Crippen LogP contribution in [0.2, 0.25) is 0 Å². The molecule has 1 N–H and O–H groups in total. The average Bonchev–Trinajstić information content (AvgIpc) is 3.64. The minimum Gasteiger partial charge on any atom is -0.454 e. The molecule has 0 radical (unpaired) electrons. The zero-order chi connectivity index (χ0) is 23.3. The number of hydrogen-bond donors (Lipinski definition) is 1. The van der Waals surface area contributed by atoms with Gasteiger partial charge in [0.2, 0.25) is 6.79 Å². The quantitative estimate of drug-likeness (QED) is 0.547. The van der Waals surface area contributed by atoms with Gasteiger partial charge in [-0.2, -0.15) is 0 Å². The predicted octanol–water partition coefficient (Wildman–Crippen LogP) is 3.15. The summed E-state index contributed by atoms with van der Waals surface area (Å²) < 4.78 is 21.8. The molecule has 1 saturated heterocycles. The Kier molecular flexibility index (Phi) is 6.44. The van der Waals surface area contributed by atoms with E-state index in [0.29, 0.717) is 42.5 Å². The maximum atomic E-state index is 13.1. The van der Waals surface area contributed by atoms with Gasteiger partial charge in [0.05, 0.1) is 12.6 Å². The third kappa shape index (κ3) is 5.04. The second-order valence-electron chi connectivity index (χ2n) is 8.24. The fourth-order valence-corrected chi connectivity index (χ4v) is 4.02. The van der Waals surface area contributed by atoms with Gasteiger partial charge in [0, 0.05) is 31.3 Å². The van der Waals surface area contributed by atoms with Crippen LogP contribution in [0.25, 0.3) is 0 Å². The number of fused-ring (bicyclic) bond motifs is 1. The molecule has 2 aromatic carbocycles. The molecule has 1 atom stereocenters. The molecule has 176 valence electrons. The van der Waals surface area contributed by atoms with E-state index < -0.39 is 0 Å². The number of nitrogens with one attached hydrogen (secondary N) is 1. The molecule has 5 rings (SSSR count). The van der Waals surface area contributed by atoms with Crippen LogP contribution in [0, 0.1) is 0 Å². The van der Waals surface area contributed by atoms with Gasteiger partial charge in [0.1, 0.15) is 0 Å². The molecule has 9 nitrogen and oxygen atoms in total. The first-order valence-electron chi connectivity index (χ1n) is 11.2. The van der Waals surface area contributed by atoms with E-state index in [0.717, 1.165) is 18.4 Å². The van der Waals surface area contributed by atoms with Crippen molar-refractivity contribution in [1.29, 1.82) is 0 Å². The Morgan fingerprint density at radius 2 is 1.91 bits per heavy atom. The molecule has 1 aromatic heterocycles.